The van der Waals surface area contributed by atoms with Crippen molar-refractivity contribution in [2.45, 2.75) is 29.7 Å². The molecule has 0 aromatic heterocycles. The molecular formula is C21H23ClN4Na2O9S2. The van der Waals surface area contributed by atoms with Gasteiger partial charge in [0.05, 0.1) is 36.3 Å². The molecule has 0 atom stereocenters. The molecule has 39 heavy (non-hydrogen) atoms. The Morgan fingerprint density at radius 3 is 2.00 bits per heavy atom. The van der Waals surface area contributed by atoms with Crippen molar-refractivity contribution in [3.8, 4) is 0 Å². The fourth-order valence-corrected chi connectivity index (χ4v) is 4.47. The molecule has 0 bridgehead atoms. The number of nitrogens with zero attached hydrogens (tertiary/aromatic N) is 3. The van der Waals surface area contributed by atoms with Gasteiger partial charge in [-0.05, 0) is 18.6 Å². The minimum absolute atomic E-state index is 0. The van der Waals surface area contributed by atoms with Gasteiger partial charge in [-0.25, -0.2) is 16.8 Å². The Bertz CT molecular complexity index is 1370. The van der Waals surface area contributed by atoms with Gasteiger partial charge < -0.3 is 36.5 Å². The van der Waals surface area contributed by atoms with Gasteiger partial charge in [-0.15, -0.1) is 0 Å². The van der Waals surface area contributed by atoms with Crippen LogP contribution in [0.1, 0.15) is 18.9 Å². The summed E-state index contributed by atoms with van der Waals surface area (Å²) in [6, 6.07) is 10.9. The van der Waals surface area contributed by atoms with Crippen LogP contribution in [0.15, 0.2) is 52.3 Å². The zero-order valence-electron chi connectivity index (χ0n) is 21.5. The number of morpholine rings is 1. The number of rotatable bonds is 7. The first-order valence-electron chi connectivity index (χ1n) is 10.4. The van der Waals surface area contributed by atoms with Crippen LogP contribution in [-0.4, -0.2) is 63.9 Å². The molecule has 202 valence electrons. The van der Waals surface area contributed by atoms with Gasteiger partial charge in [0.2, 0.25) is 11.3 Å². The normalized spacial score (nSPS) is 12.6. The number of ketones is 1. The monoisotopic (exact) mass is 620 g/mol. The number of hydrogen-bond donors (Lipinski definition) is 1. The van der Waals surface area contributed by atoms with Crippen molar-refractivity contribution in [3.63, 3.8) is 0 Å². The van der Waals surface area contributed by atoms with Crippen molar-refractivity contribution in [1.82, 2.24) is 5.32 Å². The van der Waals surface area contributed by atoms with Crippen molar-refractivity contribution in [1.29, 1.82) is 5.39 Å². The Kier molecular flexibility index (Phi) is 18.8. The van der Waals surface area contributed by atoms with E-state index in [-0.39, 0.29) is 122 Å². The summed E-state index contributed by atoms with van der Waals surface area (Å²) in [6.07, 6.45) is -0.0349. The van der Waals surface area contributed by atoms with Gasteiger partial charge in [-0.1, -0.05) is 30.3 Å². The number of Topliss-reactive ketones (excluding diaryl/α,β-unsaturated/α-hetero) is 1. The van der Waals surface area contributed by atoms with E-state index in [0.717, 1.165) is 11.6 Å². The van der Waals surface area contributed by atoms with Crippen LogP contribution < -0.4 is 81.7 Å². The van der Waals surface area contributed by atoms with Gasteiger partial charge >= 0.3 is 64.8 Å². The van der Waals surface area contributed by atoms with Crippen LogP contribution in [0.25, 0.3) is 4.98 Å². The number of nitrogens with one attached hydrogen (secondary N) is 1. The first-order valence-corrected chi connectivity index (χ1v) is 13.2. The average molecular weight is 621 g/mol. The quantitative estimate of drug-likeness (QED) is 0.133. The van der Waals surface area contributed by atoms with Crippen LogP contribution in [0.2, 0.25) is 0 Å². The minimum Gasteiger partial charge on any atom is -1.00 e. The number of amides is 1. The van der Waals surface area contributed by atoms with Gasteiger partial charge in [0.25, 0.3) is 0 Å². The van der Waals surface area contributed by atoms with E-state index in [0.29, 0.717) is 12.6 Å². The molecule has 0 spiro atoms. The smallest absolute Gasteiger partial charge is 1.00 e. The molecule has 1 heterocycles. The van der Waals surface area contributed by atoms with Gasteiger partial charge in [0, 0.05) is 19.6 Å². The summed E-state index contributed by atoms with van der Waals surface area (Å²) in [5.41, 5.74) is -0.00837. The van der Waals surface area contributed by atoms with Gasteiger partial charge in [0.1, 0.15) is 26.0 Å². The van der Waals surface area contributed by atoms with Crippen molar-refractivity contribution < 1.29 is 112 Å². The molecule has 1 N–H and O–H groups in total. The molecule has 1 aliphatic rings. The Morgan fingerprint density at radius 2 is 1.54 bits per heavy atom. The van der Waals surface area contributed by atoms with E-state index in [9.17, 15) is 35.5 Å². The van der Waals surface area contributed by atoms with E-state index in [1.165, 1.54) is 11.8 Å². The van der Waals surface area contributed by atoms with E-state index in [2.05, 4.69) is 10.3 Å². The molecule has 0 aliphatic carbocycles. The Balaban J connectivity index is 0. The fraction of sp³-hybridized carbons (Fsp3) is 0.333. The molecule has 1 saturated heterocycles. The molecule has 0 unspecified atom stereocenters. The van der Waals surface area contributed by atoms with Crippen LogP contribution in [0.5, 0.6) is 0 Å². The third kappa shape index (κ3) is 13.4. The van der Waals surface area contributed by atoms with Crippen molar-refractivity contribution >= 4 is 43.3 Å². The molecular weight excluding hydrogens is 598 g/mol. The number of carbonyl (C=O) groups is 2. The molecule has 0 saturated carbocycles. The maximum atomic E-state index is 11.4. The topological polar surface area (TPSA) is 201 Å². The largest absolute Gasteiger partial charge is 1.00 e. The maximum absolute atomic E-state index is 11.4. The molecule has 1 amide bonds. The summed E-state index contributed by atoms with van der Waals surface area (Å²) in [5.74, 6) is -0.336. The van der Waals surface area contributed by atoms with Crippen LogP contribution in [0.4, 0.5) is 11.4 Å². The van der Waals surface area contributed by atoms with Crippen LogP contribution >= 0.6 is 0 Å². The summed E-state index contributed by atoms with van der Waals surface area (Å²) in [7, 11) is -10.0. The molecule has 1 fully saturated rings. The molecule has 18 heteroatoms. The SMILES string of the molecule is CC(=O)CC(=O)NCc1ccccc1.N#[N+]c1cc(S(=O)(=O)[O-])c(N2CCOCC2)cc1S(=O)(=O)[O-].[Cl-].[Na+].[Na+]. The number of diazo groups is 1. The van der Waals surface area contributed by atoms with E-state index in [4.69, 9.17) is 10.1 Å². The van der Waals surface area contributed by atoms with Crippen molar-refractivity contribution in [2.75, 3.05) is 31.2 Å². The maximum Gasteiger partial charge on any atom is 1.00 e. The molecule has 2 aromatic rings. The molecule has 13 nitrogen and oxygen atoms in total. The third-order valence-corrected chi connectivity index (χ3v) is 6.51. The van der Waals surface area contributed by atoms with Crippen molar-refractivity contribution in [2.24, 2.45) is 0 Å². The first kappa shape index (κ1) is 40.0. The zero-order chi connectivity index (χ0) is 26.9. The van der Waals surface area contributed by atoms with Crippen LogP contribution in [-0.2, 0) is 41.1 Å². The number of hydrogen-bond acceptors (Lipinski definition) is 11. The van der Waals surface area contributed by atoms with E-state index < -0.39 is 35.7 Å². The summed E-state index contributed by atoms with van der Waals surface area (Å²) in [4.78, 5) is 24.0. The Labute approximate surface area is 277 Å². The molecule has 0 radical (unpaired) electrons. The van der Waals surface area contributed by atoms with Gasteiger partial charge in [0.15, 0.2) is 9.87 Å². The summed E-state index contributed by atoms with van der Waals surface area (Å²) >= 11 is 0. The van der Waals surface area contributed by atoms with Gasteiger partial charge in [-0.2, -0.15) is 0 Å². The minimum atomic E-state index is -5.03. The van der Waals surface area contributed by atoms with Crippen molar-refractivity contribution in [3.05, 3.63) is 53.0 Å². The second-order valence-corrected chi connectivity index (χ2v) is 10.2. The molecule has 1 aliphatic heterocycles. The second-order valence-electron chi connectivity index (χ2n) is 7.54. The summed E-state index contributed by atoms with van der Waals surface area (Å²) in [5, 5.41) is 11.4. The first-order chi connectivity index (χ1) is 16.8. The van der Waals surface area contributed by atoms with E-state index in [1.807, 2.05) is 30.3 Å². The zero-order valence-corrected chi connectivity index (χ0v) is 27.9. The third-order valence-electron chi connectivity index (χ3n) is 4.78. The summed E-state index contributed by atoms with van der Waals surface area (Å²) in [6.45, 7) is 2.77. The van der Waals surface area contributed by atoms with E-state index in [1.54, 1.807) is 0 Å². The molecule has 3 rings (SSSR count). The average Bonchev–Trinajstić information content (AvgIpc) is 2.82. The fourth-order valence-electron chi connectivity index (χ4n) is 3.15. The molecule has 2 aromatic carbocycles. The van der Waals surface area contributed by atoms with Gasteiger partial charge in [-0.3, -0.25) is 9.59 Å². The van der Waals surface area contributed by atoms with E-state index >= 15 is 0 Å². The number of ether oxygens (including phenoxy) is 1. The number of carbonyl (C=O) groups excluding carboxylic acids is 2. The number of halogens is 1. The number of benzene rings is 2. The standard InChI is InChI=1S/C11H13NO2.C10H11N3O7S2.ClH.2Na/c1-9(13)7-11(14)12-8-10-5-3-2-4-6-10;11-12-7-5-10(22(17,18)19)8(6-9(7)21(14,15)16)13-1-3-20-4-2-13;;;/h2-6H,7-8H2,1H3,(H,12,14);5-6H,1-4H2,(H-,14,15,16,17,18,19);1H;;/q;;;2*+1/p-2. The van der Waals surface area contributed by atoms with Crippen LogP contribution in [0, 0.1) is 5.39 Å². The second kappa shape index (κ2) is 18.3. The summed E-state index contributed by atoms with van der Waals surface area (Å²) < 4.78 is 72.8. The predicted octanol–water partition coefficient (Wildman–Crippen LogP) is -7.89. The Hall–Kier alpha value is -1.13. The Morgan fingerprint density at radius 1 is 1.00 bits per heavy atom. The predicted molar refractivity (Wildman–Crippen MR) is 124 cm³/mol. The van der Waals surface area contributed by atoms with Crippen LogP contribution in [0.3, 0.4) is 0 Å². The number of anilines is 1.